The number of imidazole rings is 1. The molecule has 3 aliphatic rings. The number of alkyl halides is 3. The van der Waals surface area contributed by atoms with Crippen LogP contribution >= 0.6 is 11.3 Å². The number of hydrogen-bond donors (Lipinski definition) is 4. The van der Waals surface area contributed by atoms with Crippen LogP contribution < -0.4 is 19.7 Å². The highest BCUT2D eigenvalue weighted by Gasteiger charge is 2.55. The van der Waals surface area contributed by atoms with Crippen molar-refractivity contribution < 1.29 is 55.7 Å². The fraction of sp³-hybridized carbons (Fsp3) is 0.435. The lowest BCUT2D eigenvalue weighted by Crippen LogP contribution is -2.57. The van der Waals surface area contributed by atoms with Gasteiger partial charge in [-0.1, -0.05) is 101 Å². The zero-order valence-electron chi connectivity index (χ0n) is 47.2. The number of unbranched alkanes of at least 4 members (excludes halogenated alkanes) is 6. The Balaban J connectivity index is 0.716. The van der Waals surface area contributed by atoms with E-state index in [2.05, 4.69) is 20.6 Å². The van der Waals surface area contributed by atoms with Gasteiger partial charge in [-0.3, -0.25) is 18.7 Å². The van der Waals surface area contributed by atoms with Crippen molar-refractivity contribution in [1.29, 1.82) is 0 Å². The summed E-state index contributed by atoms with van der Waals surface area (Å²) in [6.07, 6.45) is 3.42. The predicted molar refractivity (Wildman–Crippen MR) is 313 cm³/mol. The molecule has 3 aliphatic heterocycles. The number of halogens is 3. The summed E-state index contributed by atoms with van der Waals surface area (Å²) in [4.78, 5) is 52.1. The predicted octanol–water partition coefficient (Wildman–Crippen LogP) is 10.7. The molecule has 2 saturated heterocycles. The first-order chi connectivity index (χ1) is 39.5. The van der Waals surface area contributed by atoms with Crippen LogP contribution in [0, 0.1) is 12.3 Å². The standard InChI is InChI=1S/C62H72F3N7O9S2/c1-39(41-14-16-44(17-15-41)57-40(2)67-38-82-57)68-59(76)50-33-48(74)35-71(50)60(77)58(61(3,4)5)69-53(75)13-11-9-7-6-8-10-12-32-80-49-28-24-46(25-29-49)72(36-62(63,64)65)83(78,79)52-34-51-54(42-20-26-47(73)27-21-42)55(56(52)81-51)43-18-22-45(23-19-43)70-31-30-66-37-70/h14-31,37-39,48,50-52,56,58,73-74H,6-13,32-36H2,1-5H3,(H,68,76)(H,69,75)/t39-,48+,50-,51?,52?,56?,58+/m0/s1. The molecule has 6 aromatic rings. The third-order valence-electron chi connectivity index (χ3n) is 15.7. The first kappa shape index (κ1) is 60.5. The molecule has 2 bridgehead atoms. The Hall–Kier alpha value is -7.07. The molecule has 4 N–H and O–H groups in total. The van der Waals surface area contributed by atoms with Gasteiger partial charge in [0.2, 0.25) is 27.7 Å². The lowest BCUT2D eigenvalue weighted by molar-refractivity contribution is -0.144. The van der Waals surface area contributed by atoms with Crippen LogP contribution in [0.5, 0.6) is 11.5 Å². The number of aliphatic hydroxyl groups excluding tert-OH is 1. The monoisotopic (exact) mass is 1180 g/mol. The molecule has 0 saturated carbocycles. The SMILES string of the molecule is Cc1ncsc1-c1ccc([C@H](C)NC(=O)[C@@H]2C[C@@H](O)CN2C(=O)[C@@H](NC(=O)CCCCCCCCCOc2ccc(N(CC(F)(F)F)S(=O)(=O)C3CC4OC3C(c3ccc(-n5ccnc5)cc3)=C4c3ccc(O)cc3)cc2)C(C)(C)C)cc1. The van der Waals surface area contributed by atoms with E-state index in [0.29, 0.717) is 51.8 Å². The Labute approximate surface area is 486 Å². The van der Waals surface area contributed by atoms with Crippen LogP contribution in [0.25, 0.3) is 27.3 Å². The number of aryl methyl sites for hydroxylation is 1. The molecule has 2 fully saturated rings. The molecule has 0 aliphatic carbocycles. The van der Waals surface area contributed by atoms with Crippen molar-refractivity contribution >= 4 is 55.9 Å². The van der Waals surface area contributed by atoms with Gasteiger partial charge in [0.05, 0.1) is 53.0 Å². The molecule has 0 radical (unpaired) electrons. The number of likely N-dealkylation sites (tertiary alicyclic amines) is 1. The average Bonchev–Trinajstić information content (AvgIpc) is 2.05. The van der Waals surface area contributed by atoms with Crippen LogP contribution in [0.4, 0.5) is 18.9 Å². The molecule has 21 heteroatoms. The highest BCUT2D eigenvalue weighted by atomic mass is 32.2. The quantitative estimate of drug-likeness (QED) is 0.0420. The number of carbonyl (C=O) groups is 3. The number of benzene rings is 4. The topological polar surface area (TPSA) is 206 Å². The first-order valence-corrected chi connectivity index (χ1v) is 30.6. The van der Waals surface area contributed by atoms with Crippen molar-refractivity contribution in [2.24, 2.45) is 5.41 Å². The van der Waals surface area contributed by atoms with E-state index in [0.717, 1.165) is 59.5 Å². The van der Waals surface area contributed by atoms with Crippen LogP contribution in [-0.2, 0) is 29.1 Å². The molecular formula is C62H72F3N7O9S2. The molecule has 16 nitrogen and oxygen atoms in total. The van der Waals surface area contributed by atoms with E-state index in [9.17, 15) is 46.2 Å². The zero-order chi connectivity index (χ0) is 59.2. The Morgan fingerprint density at radius 3 is 2.11 bits per heavy atom. The average molecular weight is 1180 g/mol. The number of thiazole rings is 1. The van der Waals surface area contributed by atoms with E-state index in [4.69, 9.17) is 9.47 Å². The summed E-state index contributed by atoms with van der Waals surface area (Å²) in [5.74, 6) is -0.630. The van der Waals surface area contributed by atoms with Crippen LogP contribution in [-0.4, -0.2) is 117 Å². The van der Waals surface area contributed by atoms with Crippen LogP contribution in [0.15, 0.2) is 121 Å². The maximum Gasteiger partial charge on any atom is 0.407 e. The number of nitrogens with zero attached hydrogens (tertiary/aromatic N) is 5. The van der Waals surface area contributed by atoms with Crippen molar-refractivity contribution in [3.8, 4) is 27.6 Å². The number of anilines is 1. The number of fused-ring (bicyclic) bond motifs is 2. The molecule has 2 aromatic heterocycles. The highest BCUT2D eigenvalue weighted by molar-refractivity contribution is 7.93. The summed E-state index contributed by atoms with van der Waals surface area (Å²) in [5.41, 5.74) is 7.27. The number of aliphatic hydroxyl groups is 1. The van der Waals surface area contributed by atoms with Crippen molar-refractivity contribution in [2.45, 2.75) is 147 Å². The number of rotatable bonds is 24. The fourth-order valence-electron chi connectivity index (χ4n) is 11.3. The first-order valence-electron chi connectivity index (χ1n) is 28.2. The Morgan fingerprint density at radius 2 is 1.48 bits per heavy atom. The Kier molecular flexibility index (Phi) is 18.8. The van der Waals surface area contributed by atoms with Gasteiger partial charge in [-0.15, -0.1) is 11.3 Å². The van der Waals surface area contributed by atoms with Crippen LogP contribution in [0.1, 0.15) is 120 Å². The second-order valence-corrected chi connectivity index (χ2v) is 25.8. The van der Waals surface area contributed by atoms with Gasteiger partial charge < -0.3 is 39.8 Å². The summed E-state index contributed by atoms with van der Waals surface area (Å²) in [5, 5.41) is 25.4. The molecule has 9 rings (SSSR count). The van der Waals surface area contributed by atoms with Gasteiger partial charge in [0.25, 0.3) is 0 Å². The molecule has 0 spiro atoms. The van der Waals surface area contributed by atoms with Crippen molar-refractivity contribution in [2.75, 3.05) is 24.0 Å². The smallest absolute Gasteiger partial charge is 0.407 e. The van der Waals surface area contributed by atoms with E-state index in [1.54, 1.807) is 47.7 Å². The van der Waals surface area contributed by atoms with Crippen molar-refractivity contribution in [1.82, 2.24) is 30.1 Å². The van der Waals surface area contributed by atoms with Gasteiger partial charge in [0.1, 0.15) is 41.5 Å². The molecule has 5 heterocycles. The minimum atomic E-state index is -4.86. The zero-order valence-corrected chi connectivity index (χ0v) is 48.9. The molecule has 442 valence electrons. The maximum atomic E-state index is 14.6. The number of phenols is 1. The number of β-amino-alcohol motifs (C(OH)–C–C–N with tert-alkyl or cyclic N) is 1. The Morgan fingerprint density at radius 1 is 0.843 bits per heavy atom. The number of nitrogens with one attached hydrogen (secondary N) is 2. The number of carbonyl (C=O) groups excluding carboxylic acids is 3. The van der Waals surface area contributed by atoms with E-state index in [1.807, 2.05) is 87.7 Å². The number of ether oxygens (including phenoxy) is 2. The van der Waals surface area contributed by atoms with Crippen molar-refractivity contribution in [3.63, 3.8) is 0 Å². The summed E-state index contributed by atoms with van der Waals surface area (Å²) in [6, 6.07) is 25.1. The third kappa shape index (κ3) is 14.5. The molecule has 4 aromatic carbocycles. The lowest BCUT2D eigenvalue weighted by atomic mass is 9.83. The van der Waals surface area contributed by atoms with Crippen LogP contribution in [0.3, 0.4) is 0 Å². The maximum absolute atomic E-state index is 14.6. The van der Waals surface area contributed by atoms with Gasteiger partial charge in [-0.2, -0.15) is 13.2 Å². The van der Waals surface area contributed by atoms with Gasteiger partial charge in [-0.25, -0.2) is 18.4 Å². The minimum Gasteiger partial charge on any atom is -0.508 e. The molecule has 83 heavy (non-hydrogen) atoms. The number of sulfonamides is 1. The van der Waals surface area contributed by atoms with E-state index in [1.165, 1.54) is 41.3 Å². The Bertz CT molecular complexity index is 3330. The van der Waals surface area contributed by atoms with E-state index in [-0.39, 0.29) is 55.1 Å². The van der Waals surface area contributed by atoms with Gasteiger partial charge in [0.15, 0.2) is 0 Å². The summed E-state index contributed by atoms with van der Waals surface area (Å²) >= 11 is 1.56. The second kappa shape index (κ2) is 25.8. The van der Waals surface area contributed by atoms with Crippen molar-refractivity contribution in [3.05, 3.63) is 144 Å². The normalized spacial score (nSPS) is 19.7. The largest absolute Gasteiger partial charge is 0.508 e. The number of amides is 3. The summed E-state index contributed by atoms with van der Waals surface area (Å²) < 4.78 is 86.6. The molecular weight excluding hydrogens is 1110 g/mol. The molecule has 3 unspecified atom stereocenters. The van der Waals surface area contributed by atoms with Crippen LogP contribution in [0.2, 0.25) is 0 Å². The second-order valence-electron chi connectivity index (χ2n) is 22.8. The van der Waals surface area contributed by atoms with Gasteiger partial charge in [0, 0.05) is 37.5 Å². The fourth-order valence-corrected chi connectivity index (χ4v) is 14.1. The molecule has 7 atom stereocenters. The number of aromatic hydroxyl groups is 1. The number of phenolic OH excluding ortho intramolecular Hbond substituents is 1. The summed E-state index contributed by atoms with van der Waals surface area (Å²) in [7, 11) is -4.70. The molecule has 3 amide bonds. The van der Waals surface area contributed by atoms with Gasteiger partial charge in [-0.05, 0) is 120 Å². The minimum absolute atomic E-state index is 0.0197. The lowest BCUT2D eigenvalue weighted by Gasteiger charge is -2.35. The summed E-state index contributed by atoms with van der Waals surface area (Å²) in [6.45, 7) is 7.98. The number of aromatic nitrogens is 3. The third-order valence-corrected chi connectivity index (χ3v) is 18.8. The highest BCUT2D eigenvalue weighted by Crippen LogP contribution is 2.52. The van der Waals surface area contributed by atoms with Gasteiger partial charge >= 0.3 is 6.18 Å². The van der Waals surface area contributed by atoms with E-state index >= 15 is 0 Å². The van der Waals surface area contributed by atoms with E-state index < -0.39 is 69.7 Å². The number of hydrogen-bond acceptors (Lipinski definition) is 12.